The van der Waals surface area contributed by atoms with Gasteiger partial charge in [0.2, 0.25) is 0 Å². The van der Waals surface area contributed by atoms with Crippen LogP contribution in [0.5, 0.6) is 0 Å². The summed E-state index contributed by atoms with van der Waals surface area (Å²) in [5.41, 5.74) is 0. The van der Waals surface area contributed by atoms with Gasteiger partial charge in [-0.3, -0.25) is 4.90 Å². The summed E-state index contributed by atoms with van der Waals surface area (Å²) in [5, 5.41) is 9.60. The van der Waals surface area contributed by atoms with Gasteiger partial charge in [-0.1, -0.05) is 226 Å². The Labute approximate surface area is 274 Å². The van der Waals surface area contributed by atoms with Crippen LogP contribution in [0.15, 0.2) is 0 Å². The molecule has 0 aromatic rings. The number of aliphatic hydroxyl groups excluding tert-OH is 1. The van der Waals surface area contributed by atoms with E-state index in [1.54, 1.807) is 0 Å². The molecule has 0 aliphatic rings. The van der Waals surface area contributed by atoms with Gasteiger partial charge in [0.15, 0.2) is 0 Å². The summed E-state index contributed by atoms with van der Waals surface area (Å²) in [5.74, 6) is 0. The summed E-state index contributed by atoms with van der Waals surface area (Å²) in [6.45, 7) is 9.15. The maximum atomic E-state index is 9.60. The Morgan fingerprint density at radius 1 is 0.349 bits per heavy atom. The lowest BCUT2D eigenvalue weighted by Crippen LogP contribution is -2.37. The lowest BCUT2D eigenvalue weighted by Gasteiger charge is -2.30. The minimum atomic E-state index is 0.308. The Bertz CT molecular complexity index is 444. The normalized spacial score (nSPS) is 11.9. The molecular weight excluding hydrogens is 522 g/mol. The number of unbranched alkanes of at least 4 members (excludes halogenated alkanes) is 30. The van der Waals surface area contributed by atoms with E-state index in [1.807, 2.05) is 0 Å². The highest BCUT2D eigenvalue weighted by atomic mass is 16.3. The van der Waals surface area contributed by atoms with Gasteiger partial charge in [0, 0.05) is 12.6 Å². The van der Waals surface area contributed by atoms with E-state index in [0.29, 0.717) is 12.6 Å². The van der Waals surface area contributed by atoms with Crippen molar-refractivity contribution in [2.45, 2.75) is 245 Å². The molecule has 0 fully saturated rings. The molecule has 0 spiro atoms. The molecule has 0 aliphatic carbocycles. The average Bonchev–Trinajstić information content (AvgIpc) is 3.02. The summed E-state index contributed by atoms with van der Waals surface area (Å²) in [6, 6.07) is 0.690. The van der Waals surface area contributed by atoms with Crippen LogP contribution < -0.4 is 0 Å². The van der Waals surface area contributed by atoms with Crippen molar-refractivity contribution in [1.82, 2.24) is 4.90 Å². The topological polar surface area (TPSA) is 23.5 Å². The first-order valence-electron chi connectivity index (χ1n) is 20.6. The van der Waals surface area contributed by atoms with Crippen molar-refractivity contribution >= 4 is 0 Å². The monoisotopic (exact) mass is 608 g/mol. The van der Waals surface area contributed by atoms with E-state index in [9.17, 15) is 5.11 Å². The molecule has 0 unspecified atom stereocenters. The lowest BCUT2D eigenvalue weighted by atomic mass is 9.98. The van der Waals surface area contributed by atoms with Crippen LogP contribution in [0.4, 0.5) is 0 Å². The summed E-state index contributed by atoms with van der Waals surface area (Å²) < 4.78 is 0. The Morgan fingerprint density at radius 2 is 0.581 bits per heavy atom. The van der Waals surface area contributed by atoms with Gasteiger partial charge in [0.25, 0.3) is 0 Å². The summed E-state index contributed by atoms with van der Waals surface area (Å²) >= 11 is 0. The smallest absolute Gasteiger partial charge is 0.0558 e. The van der Waals surface area contributed by atoms with Crippen molar-refractivity contribution in [3.05, 3.63) is 0 Å². The second-order valence-electron chi connectivity index (χ2n) is 14.2. The van der Waals surface area contributed by atoms with Crippen molar-refractivity contribution < 1.29 is 5.11 Å². The third kappa shape index (κ3) is 33.1. The van der Waals surface area contributed by atoms with Crippen LogP contribution in [-0.4, -0.2) is 35.7 Å². The van der Waals surface area contributed by atoms with Crippen LogP contribution in [0.3, 0.4) is 0 Å². The first-order valence-corrected chi connectivity index (χ1v) is 20.6. The number of nitrogens with zero attached hydrogens (tertiary/aromatic N) is 1. The highest BCUT2D eigenvalue weighted by Gasteiger charge is 2.16. The van der Waals surface area contributed by atoms with Gasteiger partial charge < -0.3 is 5.11 Å². The molecule has 0 bridgehead atoms. The van der Waals surface area contributed by atoms with Crippen LogP contribution in [0, 0.1) is 0 Å². The van der Waals surface area contributed by atoms with Crippen molar-refractivity contribution in [1.29, 1.82) is 0 Å². The molecule has 0 heterocycles. The van der Waals surface area contributed by atoms with Gasteiger partial charge in [-0.15, -0.1) is 0 Å². The third-order valence-electron chi connectivity index (χ3n) is 10.1. The number of rotatable bonds is 38. The van der Waals surface area contributed by atoms with Crippen LogP contribution in [0.2, 0.25) is 0 Å². The van der Waals surface area contributed by atoms with E-state index in [-0.39, 0.29) is 0 Å². The predicted molar refractivity (Wildman–Crippen MR) is 196 cm³/mol. The van der Waals surface area contributed by atoms with E-state index >= 15 is 0 Å². The van der Waals surface area contributed by atoms with Gasteiger partial charge >= 0.3 is 0 Å². The molecule has 0 atom stereocenters. The first kappa shape index (κ1) is 42.9. The Kier molecular flexibility index (Phi) is 38.0. The fourth-order valence-electron chi connectivity index (χ4n) is 7.09. The van der Waals surface area contributed by atoms with Crippen LogP contribution in [-0.2, 0) is 0 Å². The molecule has 0 aromatic carbocycles. The van der Waals surface area contributed by atoms with Crippen LogP contribution >= 0.6 is 0 Å². The molecule has 0 saturated carbocycles. The molecule has 0 aliphatic heterocycles. The zero-order valence-electron chi connectivity index (χ0n) is 30.6. The SMILES string of the molecule is CCCCCCCCCCCCCCCCCCC(CCCCCCCCCCCCCCCCCC)N(CC)CCO. The third-order valence-corrected chi connectivity index (χ3v) is 10.1. The summed E-state index contributed by atoms with van der Waals surface area (Å²) in [6.07, 6.45) is 48.8. The number of hydrogen-bond acceptors (Lipinski definition) is 2. The Balaban J connectivity index is 3.68. The van der Waals surface area contributed by atoms with Gasteiger partial charge in [0.05, 0.1) is 6.61 Å². The largest absolute Gasteiger partial charge is 0.395 e. The lowest BCUT2D eigenvalue weighted by molar-refractivity contribution is 0.140. The molecule has 1 N–H and O–H groups in total. The molecule has 43 heavy (non-hydrogen) atoms. The van der Waals surface area contributed by atoms with Crippen molar-refractivity contribution in [2.75, 3.05) is 19.7 Å². The number of likely N-dealkylation sites (N-methyl/N-ethyl adjacent to an activating group) is 1. The fourth-order valence-corrected chi connectivity index (χ4v) is 7.09. The molecule has 0 saturated heterocycles. The number of hydrogen-bond donors (Lipinski definition) is 1. The molecule has 0 amide bonds. The maximum Gasteiger partial charge on any atom is 0.0558 e. The van der Waals surface area contributed by atoms with Gasteiger partial charge in [0.1, 0.15) is 0 Å². The molecular formula is C41H85NO. The van der Waals surface area contributed by atoms with Gasteiger partial charge in [-0.2, -0.15) is 0 Å². The maximum absolute atomic E-state index is 9.60. The van der Waals surface area contributed by atoms with Gasteiger partial charge in [-0.25, -0.2) is 0 Å². The molecule has 0 radical (unpaired) electrons. The zero-order valence-corrected chi connectivity index (χ0v) is 30.6. The minimum absolute atomic E-state index is 0.308. The first-order chi connectivity index (χ1) is 21.3. The molecule has 2 nitrogen and oxygen atoms in total. The van der Waals surface area contributed by atoms with Crippen molar-refractivity contribution in [2.24, 2.45) is 0 Å². The Morgan fingerprint density at radius 3 is 0.791 bits per heavy atom. The quantitative estimate of drug-likeness (QED) is 0.0706. The average molecular weight is 608 g/mol. The molecule has 260 valence electrons. The highest BCUT2D eigenvalue weighted by molar-refractivity contribution is 4.71. The second kappa shape index (κ2) is 38.1. The van der Waals surface area contributed by atoms with E-state index in [0.717, 1.165) is 13.1 Å². The summed E-state index contributed by atoms with van der Waals surface area (Å²) in [4.78, 5) is 2.57. The van der Waals surface area contributed by atoms with E-state index < -0.39 is 0 Å². The van der Waals surface area contributed by atoms with Crippen LogP contribution in [0.25, 0.3) is 0 Å². The number of aliphatic hydroxyl groups is 1. The zero-order chi connectivity index (χ0) is 31.3. The van der Waals surface area contributed by atoms with E-state index in [2.05, 4.69) is 25.7 Å². The van der Waals surface area contributed by atoms with Crippen molar-refractivity contribution in [3.8, 4) is 0 Å². The second-order valence-corrected chi connectivity index (χ2v) is 14.2. The van der Waals surface area contributed by atoms with E-state index in [4.69, 9.17) is 0 Å². The van der Waals surface area contributed by atoms with Gasteiger partial charge in [-0.05, 0) is 19.4 Å². The van der Waals surface area contributed by atoms with Crippen LogP contribution in [0.1, 0.15) is 239 Å². The highest BCUT2D eigenvalue weighted by Crippen LogP contribution is 2.20. The van der Waals surface area contributed by atoms with E-state index in [1.165, 1.54) is 218 Å². The molecule has 2 heteroatoms. The minimum Gasteiger partial charge on any atom is -0.395 e. The standard InChI is InChI=1S/C41H85NO/c1-4-7-9-11-13-15-17-19-21-23-25-27-29-31-33-35-37-41(42(6-3)39-40-43)38-36-34-32-30-28-26-24-22-20-18-16-14-12-10-8-5-2/h41,43H,4-40H2,1-3H3. The summed E-state index contributed by atoms with van der Waals surface area (Å²) in [7, 11) is 0. The Hall–Kier alpha value is -0.0800. The molecule has 0 aromatic heterocycles. The fraction of sp³-hybridized carbons (Fsp3) is 1.00. The van der Waals surface area contributed by atoms with Crippen molar-refractivity contribution in [3.63, 3.8) is 0 Å². The molecule has 0 rings (SSSR count). The predicted octanol–water partition coefficient (Wildman–Crippen LogP) is 14.0.